The van der Waals surface area contributed by atoms with Crippen LogP contribution in [0.5, 0.6) is 5.75 Å². The van der Waals surface area contributed by atoms with Crippen LogP contribution in [0, 0.1) is 11.7 Å². The van der Waals surface area contributed by atoms with Crippen molar-refractivity contribution in [2.24, 2.45) is 11.7 Å². The molecule has 0 saturated heterocycles. The van der Waals surface area contributed by atoms with Gasteiger partial charge in [-0.25, -0.2) is 4.39 Å². The first-order chi connectivity index (χ1) is 8.92. The number of halogens is 3. The number of benzene rings is 1. The Kier molecular flexibility index (Phi) is 8.44. The van der Waals surface area contributed by atoms with Crippen LogP contribution in [0.2, 0.25) is 5.02 Å². The molecule has 0 radical (unpaired) electrons. The van der Waals surface area contributed by atoms with Crippen LogP contribution >= 0.6 is 24.0 Å². The van der Waals surface area contributed by atoms with Crippen LogP contribution in [0.4, 0.5) is 4.39 Å². The van der Waals surface area contributed by atoms with Crippen molar-refractivity contribution < 1.29 is 14.2 Å². The van der Waals surface area contributed by atoms with E-state index in [9.17, 15) is 9.50 Å². The van der Waals surface area contributed by atoms with E-state index in [0.717, 1.165) is 6.42 Å². The summed E-state index contributed by atoms with van der Waals surface area (Å²) in [7, 11) is 0. The van der Waals surface area contributed by atoms with Gasteiger partial charge >= 0.3 is 0 Å². The highest BCUT2D eigenvalue weighted by atomic mass is 35.5. The first kappa shape index (κ1) is 19.4. The normalized spacial score (nSPS) is 15.2. The first-order valence-corrected chi connectivity index (χ1v) is 6.85. The van der Waals surface area contributed by atoms with Gasteiger partial charge in [-0.05, 0) is 30.5 Å². The number of hydrogen-bond donors (Lipinski definition) is 2. The van der Waals surface area contributed by atoms with E-state index in [1.807, 2.05) is 13.8 Å². The fourth-order valence-corrected chi connectivity index (χ4v) is 2.12. The average Bonchev–Trinajstić information content (AvgIpc) is 2.40. The van der Waals surface area contributed by atoms with Gasteiger partial charge in [-0.1, -0.05) is 31.9 Å². The van der Waals surface area contributed by atoms with Crippen LogP contribution in [-0.2, 0) is 0 Å². The van der Waals surface area contributed by atoms with E-state index in [0.29, 0.717) is 12.2 Å². The molecular formula is C14H22Cl2FNO2. The van der Waals surface area contributed by atoms with Crippen LogP contribution in [-0.4, -0.2) is 17.8 Å². The molecule has 1 unspecified atom stereocenters. The molecule has 6 heteroatoms. The maximum Gasteiger partial charge on any atom is 0.173 e. The van der Waals surface area contributed by atoms with Crippen molar-refractivity contribution in [3.63, 3.8) is 0 Å². The second kappa shape index (κ2) is 8.67. The molecule has 0 aliphatic heterocycles. The molecule has 3 N–H and O–H groups in total. The molecule has 20 heavy (non-hydrogen) atoms. The molecule has 0 fully saturated rings. The van der Waals surface area contributed by atoms with Crippen molar-refractivity contribution in [3.05, 3.63) is 28.5 Å². The second-order valence-electron chi connectivity index (χ2n) is 4.65. The third kappa shape index (κ3) is 4.48. The summed E-state index contributed by atoms with van der Waals surface area (Å²) in [6, 6.07) is 2.15. The Balaban J connectivity index is 0.00000361. The number of aliphatic hydroxyl groups excluding tert-OH is 1. The van der Waals surface area contributed by atoms with E-state index in [1.165, 1.54) is 6.07 Å². The van der Waals surface area contributed by atoms with E-state index in [1.54, 1.807) is 13.0 Å². The van der Waals surface area contributed by atoms with Gasteiger partial charge in [0.05, 0.1) is 23.8 Å². The molecule has 0 aliphatic carbocycles. The van der Waals surface area contributed by atoms with E-state index in [4.69, 9.17) is 22.1 Å². The zero-order valence-corrected chi connectivity index (χ0v) is 13.5. The van der Waals surface area contributed by atoms with E-state index < -0.39 is 18.0 Å². The third-order valence-electron chi connectivity index (χ3n) is 3.29. The Morgan fingerprint density at radius 3 is 2.45 bits per heavy atom. The molecule has 1 aromatic rings. The number of nitrogens with two attached hydrogens (primary N) is 1. The minimum absolute atomic E-state index is 0. The van der Waals surface area contributed by atoms with E-state index in [-0.39, 0.29) is 29.1 Å². The predicted molar refractivity (Wildman–Crippen MR) is 82.2 cm³/mol. The van der Waals surface area contributed by atoms with Gasteiger partial charge in [0.15, 0.2) is 11.6 Å². The maximum absolute atomic E-state index is 13.9. The summed E-state index contributed by atoms with van der Waals surface area (Å²) in [4.78, 5) is 0. The van der Waals surface area contributed by atoms with Crippen molar-refractivity contribution in [3.8, 4) is 5.75 Å². The number of ether oxygens (including phenoxy) is 1. The summed E-state index contributed by atoms with van der Waals surface area (Å²) < 4.78 is 19.0. The third-order valence-corrected chi connectivity index (χ3v) is 3.57. The van der Waals surface area contributed by atoms with Gasteiger partial charge in [-0.3, -0.25) is 0 Å². The molecule has 0 amide bonds. The molecule has 1 aromatic carbocycles. The summed E-state index contributed by atoms with van der Waals surface area (Å²) >= 11 is 5.97. The summed E-state index contributed by atoms with van der Waals surface area (Å²) in [5, 5.41) is 10.2. The topological polar surface area (TPSA) is 55.5 Å². The summed E-state index contributed by atoms with van der Waals surface area (Å²) in [6.07, 6.45) is 0.0562. The van der Waals surface area contributed by atoms with Gasteiger partial charge in [-0.2, -0.15) is 0 Å². The fourth-order valence-electron chi connectivity index (χ4n) is 1.85. The quantitative estimate of drug-likeness (QED) is 0.838. The second-order valence-corrected chi connectivity index (χ2v) is 5.06. The molecule has 1 rings (SSSR count). The number of hydrogen-bond acceptors (Lipinski definition) is 3. The molecule has 0 heterocycles. The summed E-state index contributed by atoms with van der Waals surface area (Å²) in [6.45, 7) is 5.95. The zero-order valence-electron chi connectivity index (χ0n) is 11.9. The Bertz CT molecular complexity index is 409. The van der Waals surface area contributed by atoms with Crippen molar-refractivity contribution in [1.82, 2.24) is 0 Å². The SMILES string of the molecule is CCOc1c(F)cc([C@@H](N)[C@@H](O)C(C)CC)cc1Cl.Cl. The highest BCUT2D eigenvalue weighted by Gasteiger charge is 2.24. The lowest BCUT2D eigenvalue weighted by Crippen LogP contribution is -2.31. The Morgan fingerprint density at radius 1 is 1.40 bits per heavy atom. The molecule has 3 nitrogen and oxygen atoms in total. The highest BCUT2D eigenvalue weighted by molar-refractivity contribution is 6.32. The van der Waals surface area contributed by atoms with Crippen molar-refractivity contribution in [1.29, 1.82) is 0 Å². The number of aliphatic hydroxyl groups is 1. The van der Waals surface area contributed by atoms with Gasteiger partial charge in [0.1, 0.15) is 0 Å². The molecule has 116 valence electrons. The van der Waals surface area contributed by atoms with Crippen molar-refractivity contribution >= 4 is 24.0 Å². The summed E-state index contributed by atoms with van der Waals surface area (Å²) in [5.74, 6) is -0.502. The highest BCUT2D eigenvalue weighted by Crippen LogP contribution is 2.32. The first-order valence-electron chi connectivity index (χ1n) is 6.47. The fraction of sp³-hybridized carbons (Fsp3) is 0.571. The van der Waals surface area contributed by atoms with Crippen LogP contribution < -0.4 is 10.5 Å². The van der Waals surface area contributed by atoms with Gasteiger partial charge < -0.3 is 15.6 Å². The van der Waals surface area contributed by atoms with E-state index >= 15 is 0 Å². The van der Waals surface area contributed by atoms with Crippen molar-refractivity contribution in [2.45, 2.75) is 39.3 Å². The van der Waals surface area contributed by atoms with Gasteiger partial charge in [-0.15, -0.1) is 12.4 Å². The molecule has 0 bridgehead atoms. The van der Waals surface area contributed by atoms with Gasteiger partial charge in [0.2, 0.25) is 0 Å². The lowest BCUT2D eigenvalue weighted by molar-refractivity contribution is 0.0878. The van der Waals surface area contributed by atoms with Crippen molar-refractivity contribution in [2.75, 3.05) is 6.61 Å². The summed E-state index contributed by atoms with van der Waals surface area (Å²) in [5.41, 5.74) is 6.43. The predicted octanol–water partition coefficient (Wildman–Crippen LogP) is 3.71. The zero-order chi connectivity index (χ0) is 14.6. The Labute approximate surface area is 130 Å². The lowest BCUT2D eigenvalue weighted by atomic mass is 9.91. The van der Waals surface area contributed by atoms with Crippen LogP contribution in [0.3, 0.4) is 0 Å². The standard InChI is InChI=1S/C14H21ClFNO2.ClH/c1-4-8(3)13(18)12(17)9-6-10(15)14(19-5-2)11(16)7-9;/h6-8,12-13,18H,4-5,17H2,1-3H3;1H/t8?,12-,13+;/m1./s1. The molecule has 0 spiro atoms. The average molecular weight is 326 g/mol. The molecule has 0 aromatic heterocycles. The molecule has 3 atom stereocenters. The minimum Gasteiger partial charge on any atom is -0.489 e. The van der Waals surface area contributed by atoms with Gasteiger partial charge in [0.25, 0.3) is 0 Å². The molecule has 0 saturated carbocycles. The molecule has 0 aliphatic rings. The Hall–Kier alpha value is -0.550. The maximum atomic E-state index is 13.9. The smallest absolute Gasteiger partial charge is 0.173 e. The van der Waals surface area contributed by atoms with E-state index in [2.05, 4.69) is 0 Å². The monoisotopic (exact) mass is 325 g/mol. The number of rotatable bonds is 6. The van der Waals surface area contributed by atoms with Crippen LogP contribution in [0.1, 0.15) is 38.8 Å². The minimum atomic E-state index is -0.738. The van der Waals surface area contributed by atoms with Crippen LogP contribution in [0.25, 0.3) is 0 Å². The van der Waals surface area contributed by atoms with Gasteiger partial charge in [0, 0.05) is 0 Å². The lowest BCUT2D eigenvalue weighted by Gasteiger charge is -2.24. The van der Waals surface area contributed by atoms with Crippen LogP contribution in [0.15, 0.2) is 12.1 Å². The Morgan fingerprint density at radius 2 is 2.00 bits per heavy atom. The largest absolute Gasteiger partial charge is 0.489 e. The molecular weight excluding hydrogens is 304 g/mol.